The number of nitriles is 1. The zero-order valence-electron chi connectivity index (χ0n) is 14.2. The Balaban J connectivity index is 2.13. The van der Waals surface area contributed by atoms with Gasteiger partial charge in [-0.1, -0.05) is 18.5 Å². The van der Waals surface area contributed by atoms with Crippen LogP contribution in [0.25, 0.3) is 5.69 Å². The van der Waals surface area contributed by atoms with Crippen LogP contribution in [0.15, 0.2) is 30.7 Å². The van der Waals surface area contributed by atoms with Crippen molar-refractivity contribution in [2.24, 2.45) is 5.92 Å². The molecule has 8 heteroatoms. The summed E-state index contributed by atoms with van der Waals surface area (Å²) in [5, 5.41) is 13.1. The number of halogens is 1. The van der Waals surface area contributed by atoms with Gasteiger partial charge in [-0.2, -0.15) is 22.1 Å². The standard InChI is InChI=1S/C17H20ClN5OS/c1-3-22(17(24)13(2)12-25-9-5-7-19)15-11-23(21-16(15)18)14-6-4-8-20-10-14/h4,6,8,10-11,13H,3,5,9,12H2,1-2H3. The van der Waals surface area contributed by atoms with Gasteiger partial charge in [0.05, 0.1) is 24.2 Å². The number of aromatic nitrogens is 3. The number of hydrogen-bond acceptors (Lipinski definition) is 5. The Morgan fingerprint density at radius 1 is 1.56 bits per heavy atom. The highest BCUT2D eigenvalue weighted by Gasteiger charge is 2.24. The maximum Gasteiger partial charge on any atom is 0.230 e. The summed E-state index contributed by atoms with van der Waals surface area (Å²) in [6.07, 6.45) is 5.60. The SMILES string of the molecule is CCN(C(=O)C(C)CSCCC#N)c1cn(-c2cccnc2)nc1Cl. The fraction of sp³-hybridized carbons (Fsp3) is 0.412. The normalized spacial score (nSPS) is 11.8. The summed E-state index contributed by atoms with van der Waals surface area (Å²) >= 11 is 7.89. The molecule has 132 valence electrons. The van der Waals surface area contributed by atoms with E-state index in [-0.39, 0.29) is 17.0 Å². The van der Waals surface area contributed by atoms with E-state index in [1.165, 1.54) is 0 Å². The lowest BCUT2D eigenvalue weighted by atomic mass is 10.2. The number of carbonyl (C=O) groups is 1. The molecule has 2 aromatic rings. The van der Waals surface area contributed by atoms with E-state index in [1.54, 1.807) is 39.9 Å². The van der Waals surface area contributed by atoms with Gasteiger partial charge in [0.25, 0.3) is 0 Å². The van der Waals surface area contributed by atoms with Crippen LogP contribution in [0.5, 0.6) is 0 Å². The van der Waals surface area contributed by atoms with Crippen LogP contribution in [0, 0.1) is 17.2 Å². The predicted molar refractivity (Wildman–Crippen MR) is 101 cm³/mol. The predicted octanol–water partition coefficient (Wildman–Crippen LogP) is 3.56. The second kappa shape index (κ2) is 9.44. The maximum atomic E-state index is 12.8. The number of carbonyl (C=O) groups excluding carboxylic acids is 1. The van der Waals surface area contributed by atoms with E-state index in [1.807, 2.05) is 26.0 Å². The number of anilines is 1. The van der Waals surface area contributed by atoms with E-state index >= 15 is 0 Å². The minimum atomic E-state index is -0.165. The summed E-state index contributed by atoms with van der Waals surface area (Å²) in [6.45, 7) is 4.31. The summed E-state index contributed by atoms with van der Waals surface area (Å²) in [6, 6.07) is 5.79. The molecule has 0 aliphatic carbocycles. The van der Waals surface area contributed by atoms with Crippen LogP contribution in [0.2, 0.25) is 5.15 Å². The summed E-state index contributed by atoms with van der Waals surface area (Å²) in [5.74, 6) is 1.24. The van der Waals surface area contributed by atoms with Crippen LogP contribution in [0.3, 0.4) is 0 Å². The van der Waals surface area contributed by atoms with Crippen LogP contribution in [-0.2, 0) is 4.79 Å². The van der Waals surface area contributed by atoms with Gasteiger partial charge in [-0.15, -0.1) is 0 Å². The average Bonchev–Trinajstić information content (AvgIpc) is 3.01. The van der Waals surface area contributed by atoms with Crippen molar-refractivity contribution in [3.63, 3.8) is 0 Å². The Bertz CT molecular complexity index is 743. The molecular formula is C17H20ClN5OS. The van der Waals surface area contributed by atoms with Crippen molar-refractivity contribution >= 4 is 35.0 Å². The zero-order valence-corrected chi connectivity index (χ0v) is 15.8. The fourth-order valence-electron chi connectivity index (χ4n) is 2.31. The van der Waals surface area contributed by atoms with E-state index < -0.39 is 0 Å². The topological polar surface area (TPSA) is 74.8 Å². The molecule has 6 nitrogen and oxygen atoms in total. The van der Waals surface area contributed by atoms with Crippen molar-refractivity contribution in [1.29, 1.82) is 5.26 Å². The van der Waals surface area contributed by atoms with Gasteiger partial charge in [0.15, 0.2) is 5.15 Å². The highest BCUT2D eigenvalue weighted by molar-refractivity contribution is 7.99. The molecule has 0 spiro atoms. The first kappa shape index (κ1) is 19.3. The van der Waals surface area contributed by atoms with Crippen molar-refractivity contribution in [3.8, 4) is 11.8 Å². The molecule has 0 radical (unpaired) electrons. The van der Waals surface area contributed by atoms with Crippen LogP contribution in [0.1, 0.15) is 20.3 Å². The third-order valence-electron chi connectivity index (χ3n) is 3.58. The van der Waals surface area contributed by atoms with Crippen LogP contribution in [0.4, 0.5) is 5.69 Å². The number of hydrogen-bond donors (Lipinski definition) is 0. The molecule has 1 unspecified atom stereocenters. The Kier molecular flexibility index (Phi) is 7.29. The van der Waals surface area contributed by atoms with Crippen molar-refractivity contribution in [1.82, 2.24) is 14.8 Å². The number of pyridine rings is 1. The molecule has 0 bridgehead atoms. The van der Waals surface area contributed by atoms with E-state index in [0.29, 0.717) is 24.4 Å². The molecule has 0 aliphatic heterocycles. The third kappa shape index (κ3) is 4.97. The first-order valence-electron chi connectivity index (χ1n) is 8.00. The van der Waals surface area contributed by atoms with Crippen LogP contribution >= 0.6 is 23.4 Å². The van der Waals surface area contributed by atoms with Crippen molar-refractivity contribution in [3.05, 3.63) is 35.9 Å². The lowest BCUT2D eigenvalue weighted by Gasteiger charge is -2.23. The van der Waals surface area contributed by atoms with Crippen molar-refractivity contribution in [2.45, 2.75) is 20.3 Å². The van der Waals surface area contributed by atoms with Crippen molar-refractivity contribution < 1.29 is 4.79 Å². The van der Waals surface area contributed by atoms with Gasteiger partial charge in [0.1, 0.15) is 5.69 Å². The molecular weight excluding hydrogens is 358 g/mol. The quantitative estimate of drug-likeness (QED) is 0.657. The molecule has 0 aliphatic rings. The van der Waals surface area contributed by atoms with Crippen LogP contribution < -0.4 is 4.90 Å². The number of nitrogens with zero attached hydrogens (tertiary/aromatic N) is 5. The number of thioether (sulfide) groups is 1. The molecule has 0 saturated heterocycles. The Labute approximate surface area is 156 Å². The van der Waals surface area contributed by atoms with Crippen molar-refractivity contribution in [2.75, 3.05) is 23.0 Å². The lowest BCUT2D eigenvalue weighted by molar-refractivity contribution is -0.121. The maximum absolute atomic E-state index is 12.8. The fourth-order valence-corrected chi connectivity index (χ4v) is 3.44. The minimum Gasteiger partial charge on any atom is -0.308 e. The first-order valence-corrected chi connectivity index (χ1v) is 9.53. The summed E-state index contributed by atoms with van der Waals surface area (Å²) in [4.78, 5) is 18.5. The largest absolute Gasteiger partial charge is 0.308 e. The molecule has 0 saturated carbocycles. The molecule has 0 N–H and O–H groups in total. The molecule has 2 rings (SSSR count). The molecule has 1 amide bonds. The Morgan fingerprint density at radius 2 is 2.36 bits per heavy atom. The molecule has 0 fully saturated rings. The summed E-state index contributed by atoms with van der Waals surface area (Å²) < 4.78 is 1.62. The Hall–Kier alpha value is -2.04. The summed E-state index contributed by atoms with van der Waals surface area (Å²) in [7, 11) is 0. The van der Waals surface area contributed by atoms with Gasteiger partial charge < -0.3 is 4.90 Å². The van der Waals surface area contributed by atoms with E-state index in [9.17, 15) is 4.79 Å². The second-order valence-electron chi connectivity index (χ2n) is 5.43. The minimum absolute atomic E-state index is 0.000376. The van der Waals surface area contributed by atoms with E-state index in [4.69, 9.17) is 16.9 Å². The van der Waals surface area contributed by atoms with Gasteiger partial charge in [0.2, 0.25) is 5.91 Å². The van der Waals surface area contributed by atoms with E-state index in [2.05, 4.69) is 16.2 Å². The van der Waals surface area contributed by atoms with Gasteiger partial charge >= 0.3 is 0 Å². The molecule has 2 heterocycles. The number of rotatable bonds is 8. The van der Waals surface area contributed by atoms with Crippen LogP contribution in [-0.4, -0.2) is 38.7 Å². The van der Waals surface area contributed by atoms with Gasteiger partial charge in [-0.05, 0) is 19.1 Å². The van der Waals surface area contributed by atoms with Gasteiger partial charge in [-0.25, -0.2) is 4.68 Å². The lowest BCUT2D eigenvalue weighted by Crippen LogP contribution is -2.36. The smallest absolute Gasteiger partial charge is 0.230 e. The average molecular weight is 378 g/mol. The Morgan fingerprint density at radius 3 is 3.00 bits per heavy atom. The monoisotopic (exact) mass is 377 g/mol. The second-order valence-corrected chi connectivity index (χ2v) is 6.94. The zero-order chi connectivity index (χ0) is 18.2. The van der Waals surface area contributed by atoms with Gasteiger partial charge in [-0.3, -0.25) is 9.78 Å². The molecule has 2 aromatic heterocycles. The van der Waals surface area contributed by atoms with Gasteiger partial charge in [0, 0.05) is 36.6 Å². The summed E-state index contributed by atoms with van der Waals surface area (Å²) in [5.41, 5.74) is 1.37. The molecule has 1 atom stereocenters. The van der Waals surface area contributed by atoms with E-state index in [0.717, 1.165) is 11.4 Å². The first-order chi connectivity index (χ1) is 12.1. The molecule has 25 heavy (non-hydrogen) atoms. The highest BCUT2D eigenvalue weighted by Crippen LogP contribution is 2.27. The third-order valence-corrected chi connectivity index (χ3v) is 5.08. The highest BCUT2D eigenvalue weighted by atomic mass is 35.5. The molecule has 0 aromatic carbocycles. The number of amides is 1.